The molecule has 36 heavy (non-hydrogen) atoms. The van der Waals surface area contributed by atoms with Crippen molar-refractivity contribution in [3.8, 4) is 0 Å². The monoisotopic (exact) mass is 496 g/mol. The molecule has 0 unspecified atom stereocenters. The van der Waals surface area contributed by atoms with Crippen LogP contribution in [0, 0.1) is 0 Å². The summed E-state index contributed by atoms with van der Waals surface area (Å²) in [6.07, 6.45) is 8.64. The Morgan fingerprint density at radius 3 is 2.25 bits per heavy atom. The molecule has 2 N–H and O–H groups in total. The van der Waals surface area contributed by atoms with Gasteiger partial charge in [0, 0.05) is 34.2 Å². The van der Waals surface area contributed by atoms with Crippen LogP contribution in [0.2, 0.25) is 0 Å². The van der Waals surface area contributed by atoms with Gasteiger partial charge < -0.3 is 15.2 Å². The highest BCUT2D eigenvalue weighted by Gasteiger charge is 2.23. The molecule has 1 aliphatic heterocycles. The molecular weight excluding hydrogens is 460 g/mol. The second kappa shape index (κ2) is 11.7. The lowest BCUT2D eigenvalue weighted by molar-refractivity contribution is 0.209. The van der Waals surface area contributed by atoms with Crippen molar-refractivity contribution in [3.63, 3.8) is 0 Å². The number of aromatic amines is 1. The zero-order valence-corrected chi connectivity index (χ0v) is 21.9. The number of benzene rings is 3. The van der Waals surface area contributed by atoms with Crippen LogP contribution < -0.4 is 10.2 Å². The number of likely N-dealkylation sites (tertiary alicyclic amines) is 1. The lowest BCUT2D eigenvalue weighted by Crippen LogP contribution is -2.33. The van der Waals surface area contributed by atoms with Crippen molar-refractivity contribution < 1.29 is 0 Å². The van der Waals surface area contributed by atoms with Crippen molar-refractivity contribution in [1.82, 2.24) is 9.88 Å². The molecule has 1 saturated heterocycles. The number of nitrogens with one attached hydrogen (secondary N) is 2. The van der Waals surface area contributed by atoms with Crippen molar-refractivity contribution in [3.05, 3.63) is 90.6 Å². The van der Waals surface area contributed by atoms with Gasteiger partial charge >= 0.3 is 0 Å². The van der Waals surface area contributed by atoms with Gasteiger partial charge in [-0.1, -0.05) is 56.2 Å². The first kappa shape index (κ1) is 24.5. The number of para-hydroxylation sites is 2. The maximum absolute atomic E-state index is 5.94. The molecule has 0 aliphatic carbocycles. The minimum absolute atomic E-state index is 0.605. The van der Waals surface area contributed by atoms with E-state index in [2.05, 4.69) is 75.7 Å². The van der Waals surface area contributed by atoms with Crippen LogP contribution in [0.15, 0.2) is 85.1 Å². The number of hydrogen-bond acceptors (Lipinski definition) is 2. The maximum Gasteiger partial charge on any atom is 0.182 e. The number of aromatic nitrogens is 1. The predicted octanol–water partition coefficient (Wildman–Crippen LogP) is 8.07. The average molecular weight is 497 g/mol. The van der Waals surface area contributed by atoms with Crippen LogP contribution in [0.1, 0.15) is 50.5 Å². The molecule has 1 aromatic heterocycles. The molecule has 0 atom stereocenters. The lowest BCUT2D eigenvalue weighted by atomic mass is 9.89. The summed E-state index contributed by atoms with van der Waals surface area (Å²) >= 11 is 5.94. The van der Waals surface area contributed by atoms with Crippen molar-refractivity contribution in [1.29, 1.82) is 0 Å². The van der Waals surface area contributed by atoms with Gasteiger partial charge in [-0.25, -0.2) is 0 Å². The molecule has 1 fully saturated rings. The molecule has 0 radical (unpaired) electrons. The van der Waals surface area contributed by atoms with Crippen molar-refractivity contribution >= 4 is 45.3 Å². The Labute approximate surface area is 220 Å². The van der Waals surface area contributed by atoms with Gasteiger partial charge in [0.05, 0.1) is 0 Å². The lowest BCUT2D eigenvalue weighted by Gasteiger charge is -2.32. The molecule has 0 bridgehead atoms. The van der Waals surface area contributed by atoms with E-state index in [0.717, 1.165) is 17.1 Å². The quantitative estimate of drug-likeness (QED) is 0.191. The van der Waals surface area contributed by atoms with Gasteiger partial charge in [0.15, 0.2) is 5.11 Å². The number of nitrogens with zero attached hydrogens (tertiary/aromatic N) is 2. The third-order valence-corrected chi connectivity index (χ3v) is 7.59. The van der Waals surface area contributed by atoms with Gasteiger partial charge in [-0.2, -0.15) is 0 Å². The Morgan fingerprint density at radius 1 is 0.944 bits per heavy atom. The smallest absolute Gasteiger partial charge is 0.182 e. The second-order valence-electron chi connectivity index (χ2n) is 9.76. The van der Waals surface area contributed by atoms with E-state index in [9.17, 15) is 0 Å². The first-order valence-corrected chi connectivity index (χ1v) is 13.7. The first-order chi connectivity index (χ1) is 17.7. The van der Waals surface area contributed by atoms with Crippen molar-refractivity contribution in [2.45, 2.75) is 44.9 Å². The number of unbranched alkanes of at least 4 members (excludes halogenated alkanes) is 2. The number of thiocarbonyl (C=S) groups is 1. The van der Waals surface area contributed by atoms with E-state index in [-0.39, 0.29) is 0 Å². The Morgan fingerprint density at radius 2 is 1.61 bits per heavy atom. The zero-order chi connectivity index (χ0) is 24.7. The molecule has 4 aromatic rings. The number of piperidine rings is 1. The third kappa shape index (κ3) is 5.63. The summed E-state index contributed by atoms with van der Waals surface area (Å²) < 4.78 is 0. The summed E-state index contributed by atoms with van der Waals surface area (Å²) in [6, 6.07) is 27.1. The summed E-state index contributed by atoms with van der Waals surface area (Å²) in [5.74, 6) is 0.605. The Kier molecular flexibility index (Phi) is 7.99. The molecule has 5 heteroatoms. The minimum Gasteiger partial charge on any atom is -0.361 e. The van der Waals surface area contributed by atoms with E-state index >= 15 is 0 Å². The molecule has 4 nitrogen and oxygen atoms in total. The molecular formula is C31H36N4S. The summed E-state index contributed by atoms with van der Waals surface area (Å²) in [7, 11) is 0. The van der Waals surface area contributed by atoms with Crippen LogP contribution in [0.3, 0.4) is 0 Å². The third-order valence-electron chi connectivity index (χ3n) is 7.30. The van der Waals surface area contributed by atoms with Crippen LogP contribution in [0.5, 0.6) is 0 Å². The zero-order valence-electron chi connectivity index (χ0n) is 21.1. The molecule has 0 amide bonds. The van der Waals surface area contributed by atoms with Gasteiger partial charge in [-0.05, 0) is 105 Å². The molecule has 2 heterocycles. The Bertz CT molecular complexity index is 1220. The summed E-state index contributed by atoms with van der Waals surface area (Å²) in [4.78, 5) is 8.25. The fourth-order valence-corrected chi connectivity index (χ4v) is 5.66. The highest BCUT2D eigenvalue weighted by atomic mass is 32.1. The summed E-state index contributed by atoms with van der Waals surface area (Å²) in [5, 5.41) is 5.48. The minimum atomic E-state index is 0.605. The number of anilines is 3. The summed E-state index contributed by atoms with van der Waals surface area (Å²) in [6.45, 7) is 5.93. The average Bonchev–Trinajstić information content (AvgIpc) is 3.34. The van der Waals surface area contributed by atoms with Crippen LogP contribution in [-0.2, 0) is 0 Å². The van der Waals surface area contributed by atoms with Crippen LogP contribution in [0.25, 0.3) is 10.9 Å². The van der Waals surface area contributed by atoms with E-state index in [1.165, 1.54) is 68.2 Å². The van der Waals surface area contributed by atoms with Crippen molar-refractivity contribution in [2.75, 3.05) is 29.9 Å². The van der Waals surface area contributed by atoms with Crippen LogP contribution >= 0.6 is 12.2 Å². The molecule has 3 aromatic carbocycles. The maximum atomic E-state index is 5.94. The van der Waals surface area contributed by atoms with E-state index in [1.807, 2.05) is 36.4 Å². The standard InChI is InChI=1S/C31H36N4S/c1-2-3-10-19-34-20-17-24(18-21-34)29-23-32-30-16-15-25(22-28(29)30)33-31(36)35(26-11-6-4-7-12-26)27-13-8-5-9-14-27/h4-9,11-16,22-24,32H,2-3,10,17-21H2,1H3,(H,33,36). The SMILES string of the molecule is CCCCCN1CCC(c2c[nH]c3ccc(NC(=S)N(c4ccccc4)c4ccccc4)cc23)CC1. The molecule has 1 aliphatic rings. The molecule has 0 saturated carbocycles. The highest BCUT2D eigenvalue weighted by Crippen LogP contribution is 2.35. The van der Waals surface area contributed by atoms with E-state index in [4.69, 9.17) is 12.2 Å². The molecule has 5 rings (SSSR count). The number of H-pyrrole nitrogens is 1. The van der Waals surface area contributed by atoms with E-state index in [0.29, 0.717) is 11.0 Å². The number of hydrogen-bond donors (Lipinski definition) is 2. The van der Waals surface area contributed by atoms with E-state index in [1.54, 1.807) is 0 Å². The Hall–Kier alpha value is -3.15. The second-order valence-corrected chi connectivity index (χ2v) is 10.2. The highest BCUT2D eigenvalue weighted by molar-refractivity contribution is 7.80. The van der Waals surface area contributed by atoms with Gasteiger partial charge in [-0.15, -0.1) is 0 Å². The van der Waals surface area contributed by atoms with Gasteiger partial charge in [0.2, 0.25) is 0 Å². The Balaban J connectivity index is 1.33. The summed E-state index contributed by atoms with van der Waals surface area (Å²) in [5.41, 5.74) is 5.72. The molecule has 186 valence electrons. The first-order valence-electron chi connectivity index (χ1n) is 13.3. The fraction of sp³-hybridized carbons (Fsp3) is 0.323. The topological polar surface area (TPSA) is 34.3 Å². The van der Waals surface area contributed by atoms with Crippen molar-refractivity contribution in [2.24, 2.45) is 0 Å². The van der Waals surface area contributed by atoms with Crippen LogP contribution in [0.4, 0.5) is 17.1 Å². The fourth-order valence-electron chi connectivity index (χ4n) is 5.33. The van der Waals surface area contributed by atoms with Gasteiger partial charge in [-0.3, -0.25) is 4.90 Å². The van der Waals surface area contributed by atoms with Gasteiger partial charge in [0.25, 0.3) is 0 Å². The van der Waals surface area contributed by atoms with E-state index < -0.39 is 0 Å². The number of fused-ring (bicyclic) bond motifs is 1. The predicted molar refractivity (Wildman–Crippen MR) is 157 cm³/mol. The number of rotatable bonds is 8. The molecule has 0 spiro atoms. The largest absolute Gasteiger partial charge is 0.361 e. The van der Waals surface area contributed by atoms with Crippen LogP contribution in [-0.4, -0.2) is 34.6 Å². The van der Waals surface area contributed by atoms with Gasteiger partial charge in [0.1, 0.15) is 0 Å². The normalized spacial score (nSPS) is 14.7.